The third kappa shape index (κ3) is 7.23. The summed E-state index contributed by atoms with van der Waals surface area (Å²) in [4.78, 5) is 12.2. The summed E-state index contributed by atoms with van der Waals surface area (Å²) in [6, 6.07) is 6.63. The molecule has 7 heteroatoms. The van der Waals surface area contributed by atoms with Crippen LogP contribution in [0.25, 0.3) is 0 Å². The molecule has 0 aliphatic carbocycles. The van der Waals surface area contributed by atoms with Crippen LogP contribution in [0, 0.1) is 5.92 Å². The van der Waals surface area contributed by atoms with Crippen molar-refractivity contribution >= 4 is 21.6 Å². The van der Waals surface area contributed by atoms with Crippen LogP contribution in [0.5, 0.6) is 5.75 Å². The van der Waals surface area contributed by atoms with Crippen LogP contribution in [0.2, 0.25) is 0 Å². The number of carbonyl (C=O) groups is 1. The molecule has 6 nitrogen and oxygen atoms in total. The second-order valence-corrected chi connectivity index (χ2v) is 8.66. The number of sulfonamides is 1. The van der Waals surface area contributed by atoms with Crippen LogP contribution in [0.15, 0.2) is 24.3 Å². The van der Waals surface area contributed by atoms with Gasteiger partial charge in [0.25, 0.3) is 5.91 Å². The van der Waals surface area contributed by atoms with Crippen LogP contribution in [-0.4, -0.2) is 40.3 Å². The number of hydrogen-bond donors (Lipinski definition) is 1. The molecule has 0 unspecified atom stereocenters. The molecule has 1 N–H and O–H groups in total. The van der Waals surface area contributed by atoms with Crippen molar-refractivity contribution in [3.05, 3.63) is 24.3 Å². The minimum atomic E-state index is -3.30. The molecule has 26 heavy (non-hydrogen) atoms. The van der Waals surface area contributed by atoms with Gasteiger partial charge in [0, 0.05) is 13.6 Å². The van der Waals surface area contributed by atoms with Gasteiger partial charge in [0.15, 0.2) is 6.10 Å². The van der Waals surface area contributed by atoms with Gasteiger partial charge in [-0.05, 0) is 43.5 Å². The molecule has 0 saturated carbocycles. The van der Waals surface area contributed by atoms with E-state index in [9.17, 15) is 13.2 Å². The number of nitrogens with one attached hydrogen (secondary N) is 1. The van der Waals surface area contributed by atoms with E-state index in [-0.39, 0.29) is 5.91 Å². The zero-order valence-electron chi connectivity index (χ0n) is 16.5. The fraction of sp³-hybridized carbons (Fsp3) is 0.632. The molecule has 0 aromatic heterocycles. The highest BCUT2D eigenvalue weighted by molar-refractivity contribution is 7.92. The van der Waals surface area contributed by atoms with Gasteiger partial charge < -0.3 is 10.1 Å². The number of nitrogens with zero attached hydrogens (tertiary/aromatic N) is 1. The largest absolute Gasteiger partial charge is 0.481 e. The number of carbonyl (C=O) groups excluding carboxylic acids is 1. The van der Waals surface area contributed by atoms with E-state index in [1.807, 2.05) is 0 Å². The van der Waals surface area contributed by atoms with Crippen molar-refractivity contribution < 1.29 is 17.9 Å². The zero-order valence-corrected chi connectivity index (χ0v) is 17.3. The van der Waals surface area contributed by atoms with Crippen molar-refractivity contribution in [2.45, 2.75) is 52.6 Å². The summed E-state index contributed by atoms with van der Waals surface area (Å²) in [5.41, 5.74) is 0.540. The van der Waals surface area contributed by atoms with E-state index in [0.717, 1.165) is 25.5 Å². The highest BCUT2D eigenvalue weighted by Gasteiger charge is 2.17. The maximum Gasteiger partial charge on any atom is 0.260 e. The molecule has 2 atom stereocenters. The van der Waals surface area contributed by atoms with Crippen LogP contribution in [0.1, 0.15) is 46.5 Å². The van der Waals surface area contributed by atoms with E-state index in [4.69, 9.17) is 4.74 Å². The molecule has 148 valence electrons. The van der Waals surface area contributed by atoms with Crippen molar-refractivity contribution in [3.63, 3.8) is 0 Å². The minimum absolute atomic E-state index is 0.141. The molecular formula is C19H32N2O4S. The molecule has 0 spiro atoms. The number of hydrogen-bond acceptors (Lipinski definition) is 4. The second-order valence-electron chi connectivity index (χ2n) is 6.65. The van der Waals surface area contributed by atoms with Crippen LogP contribution in [-0.2, 0) is 14.8 Å². The van der Waals surface area contributed by atoms with Crippen molar-refractivity contribution in [1.82, 2.24) is 5.32 Å². The lowest BCUT2D eigenvalue weighted by Crippen LogP contribution is -2.38. The van der Waals surface area contributed by atoms with Crippen molar-refractivity contribution in [3.8, 4) is 5.75 Å². The average Bonchev–Trinajstić information content (AvgIpc) is 2.60. The van der Waals surface area contributed by atoms with Crippen molar-refractivity contribution in [1.29, 1.82) is 0 Å². The monoisotopic (exact) mass is 384 g/mol. The predicted molar refractivity (Wildman–Crippen MR) is 106 cm³/mol. The van der Waals surface area contributed by atoms with Gasteiger partial charge in [0.2, 0.25) is 10.0 Å². The second kappa shape index (κ2) is 10.4. The van der Waals surface area contributed by atoms with Crippen molar-refractivity contribution in [2.24, 2.45) is 5.92 Å². The van der Waals surface area contributed by atoms with Gasteiger partial charge in [-0.15, -0.1) is 0 Å². The first kappa shape index (κ1) is 22.3. The normalized spacial score (nSPS) is 13.7. The quantitative estimate of drug-likeness (QED) is 0.636. The fourth-order valence-electron chi connectivity index (χ4n) is 2.52. The van der Waals surface area contributed by atoms with E-state index in [1.54, 1.807) is 31.2 Å². The molecular weight excluding hydrogens is 352 g/mol. The maximum absolute atomic E-state index is 12.2. The first-order valence-electron chi connectivity index (χ1n) is 9.17. The van der Waals surface area contributed by atoms with Gasteiger partial charge in [-0.25, -0.2) is 8.42 Å². The van der Waals surface area contributed by atoms with Gasteiger partial charge in [-0.2, -0.15) is 0 Å². The molecule has 0 heterocycles. The summed E-state index contributed by atoms with van der Waals surface area (Å²) in [7, 11) is -1.81. The van der Waals surface area contributed by atoms with Gasteiger partial charge >= 0.3 is 0 Å². The summed E-state index contributed by atoms with van der Waals surface area (Å²) in [5, 5.41) is 2.96. The number of anilines is 1. The van der Waals surface area contributed by atoms with Gasteiger partial charge in [0.1, 0.15) is 5.75 Å². The highest BCUT2D eigenvalue weighted by atomic mass is 32.2. The van der Waals surface area contributed by atoms with Gasteiger partial charge in [-0.1, -0.05) is 33.1 Å². The molecule has 1 amide bonds. The Hall–Kier alpha value is -1.76. The fourth-order valence-corrected chi connectivity index (χ4v) is 3.02. The molecule has 1 aromatic rings. The molecule has 0 aliphatic heterocycles. The number of benzene rings is 1. The van der Waals surface area contributed by atoms with Crippen LogP contribution >= 0.6 is 0 Å². The smallest absolute Gasteiger partial charge is 0.260 e. The van der Waals surface area contributed by atoms with Crippen LogP contribution < -0.4 is 14.4 Å². The third-order valence-electron chi connectivity index (χ3n) is 4.49. The summed E-state index contributed by atoms with van der Waals surface area (Å²) in [6.07, 6.45) is 5.04. The van der Waals surface area contributed by atoms with E-state index in [2.05, 4.69) is 19.2 Å². The first-order chi connectivity index (χ1) is 12.2. The zero-order chi connectivity index (χ0) is 19.7. The minimum Gasteiger partial charge on any atom is -0.481 e. The van der Waals surface area contributed by atoms with Crippen LogP contribution in [0.4, 0.5) is 5.69 Å². The standard InChI is InChI=1S/C19H32N2O4S/c1-6-8-9-16(7-2)14-20-19(22)15(3)25-18-12-10-17(11-13-18)21(4)26(5,23)24/h10-13,15-16H,6-9,14H2,1-5H3,(H,20,22)/t15-,16+/m0/s1. The lowest BCUT2D eigenvalue weighted by Gasteiger charge is -2.19. The van der Waals surface area contributed by atoms with Gasteiger partial charge in [0.05, 0.1) is 11.9 Å². The Morgan fingerprint density at radius 2 is 1.85 bits per heavy atom. The molecule has 0 bridgehead atoms. The summed E-state index contributed by atoms with van der Waals surface area (Å²) >= 11 is 0. The Morgan fingerprint density at radius 1 is 1.23 bits per heavy atom. The molecule has 1 rings (SSSR count). The molecule has 0 fully saturated rings. The Bertz CT molecular complexity index is 659. The third-order valence-corrected chi connectivity index (χ3v) is 5.69. The first-order valence-corrected chi connectivity index (χ1v) is 11.0. The SMILES string of the molecule is CCCC[C@@H](CC)CNC(=O)[C@H](C)Oc1ccc(N(C)S(C)(=O)=O)cc1. The Balaban J connectivity index is 2.56. The van der Waals surface area contributed by atoms with E-state index < -0.39 is 16.1 Å². The van der Waals surface area contributed by atoms with E-state index in [0.29, 0.717) is 23.9 Å². The number of amides is 1. The maximum atomic E-state index is 12.2. The summed E-state index contributed by atoms with van der Waals surface area (Å²) in [5.74, 6) is 0.880. The molecule has 0 saturated heterocycles. The van der Waals surface area contributed by atoms with Crippen molar-refractivity contribution in [2.75, 3.05) is 24.2 Å². The molecule has 0 aliphatic rings. The Morgan fingerprint density at radius 3 is 2.35 bits per heavy atom. The Labute approximate surface area is 158 Å². The summed E-state index contributed by atoms with van der Waals surface area (Å²) in [6.45, 7) is 6.68. The van der Waals surface area contributed by atoms with E-state index in [1.165, 1.54) is 17.8 Å². The lowest BCUT2D eigenvalue weighted by atomic mass is 9.99. The average molecular weight is 385 g/mol. The van der Waals surface area contributed by atoms with Crippen LogP contribution in [0.3, 0.4) is 0 Å². The Kier molecular flexibility index (Phi) is 8.92. The number of unbranched alkanes of at least 4 members (excludes halogenated alkanes) is 1. The molecule has 1 aromatic carbocycles. The lowest BCUT2D eigenvalue weighted by molar-refractivity contribution is -0.127. The number of ether oxygens (including phenoxy) is 1. The number of rotatable bonds is 11. The highest BCUT2D eigenvalue weighted by Crippen LogP contribution is 2.21. The predicted octanol–water partition coefficient (Wildman–Crippen LogP) is 3.18. The van der Waals surface area contributed by atoms with E-state index >= 15 is 0 Å². The molecule has 0 radical (unpaired) electrons. The summed E-state index contributed by atoms with van der Waals surface area (Å²) < 4.78 is 29.9. The topological polar surface area (TPSA) is 75.7 Å². The van der Waals surface area contributed by atoms with Gasteiger partial charge in [-0.3, -0.25) is 9.10 Å².